The van der Waals surface area contributed by atoms with E-state index in [1.807, 2.05) is 13.8 Å². The van der Waals surface area contributed by atoms with Crippen molar-refractivity contribution in [3.8, 4) is 5.75 Å². The van der Waals surface area contributed by atoms with Crippen molar-refractivity contribution in [2.45, 2.75) is 192 Å². The van der Waals surface area contributed by atoms with E-state index in [9.17, 15) is 63.9 Å². The van der Waals surface area contributed by atoms with Crippen LogP contribution in [0.1, 0.15) is 143 Å². The minimum atomic E-state index is -1.80. The molecule has 8 atom stereocenters. The highest BCUT2D eigenvalue weighted by atomic mass is 16.4. The van der Waals surface area contributed by atoms with E-state index in [0.717, 1.165) is 32.6 Å². The van der Waals surface area contributed by atoms with E-state index in [2.05, 4.69) is 44.1 Å². The Bertz CT molecular complexity index is 1690. The van der Waals surface area contributed by atoms with Gasteiger partial charge < -0.3 is 62.8 Å². The van der Waals surface area contributed by atoms with Gasteiger partial charge in [0.2, 0.25) is 41.4 Å². The van der Waals surface area contributed by atoms with Gasteiger partial charge >= 0.3 is 5.97 Å². The molecule has 0 radical (unpaired) electrons. The Hall–Kier alpha value is -5.34. The summed E-state index contributed by atoms with van der Waals surface area (Å²) in [6.45, 7) is 7.23. The Morgan fingerprint density at radius 3 is 1.40 bits per heavy atom. The monoisotopic (exact) mass is 950 g/mol. The van der Waals surface area contributed by atoms with Gasteiger partial charge in [-0.3, -0.25) is 38.4 Å². The molecule has 380 valence electrons. The van der Waals surface area contributed by atoms with Crippen LogP contribution >= 0.6 is 0 Å². The van der Waals surface area contributed by atoms with Crippen LogP contribution in [0.3, 0.4) is 0 Å². The second-order valence-electron chi connectivity index (χ2n) is 17.6. The first-order valence-electron chi connectivity index (χ1n) is 23.7. The molecule has 7 amide bonds. The van der Waals surface area contributed by atoms with Gasteiger partial charge in [-0.05, 0) is 50.3 Å². The van der Waals surface area contributed by atoms with Crippen molar-refractivity contribution in [1.82, 2.24) is 37.2 Å². The van der Waals surface area contributed by atoms with Crippen molar-refractivity contribution in [3.63, 3.8) is 0 Å². The molecule has 20 heteroatoms. The molecule has 0 unspecified atom stereocenters. The number of nitrogens with one attached hydrogen (secondary N) is 7. The predicted octanol–water partition coefficient (Wildman–Crippen LogP) is 1.35. The lowest BCUT2D eigenvalue weighted by molar-refractivity contribution is -0.141. The molecule has 0 saturated carbocycles. The number of aliphatic hydroxyl groups is 3. The lowest BCUT2D eigenvalue weighted by Crippen LogP contribution is -2.63. The molecule has 0 aliphatic heterocycles. The fraction of sp³-hybridized carbons (Fsp3) is 0.702. The van der Waals surface area contributed by atoms with Crippen LogP contribution in [-0.2, 0) is 44.8 Å². The molecule has 67 heavy (non-hydrogen) atoms. The van der Waals surface area contributed by atoms with Crippen LogP contribution in [0, 0.1) is 5.92 Å². The van der Waals surface area contributed by atoms with Gasteiger partial charge in [-0.2, -0.15) is 0 Å². The van der Waals surface area contributed by atoms with Gasteiger partial charge in [0.1, 0.15) is 42.0 Å². The number of carbonyl (C=O) groups is 8. The number of amides is 7. The zero-order valence-corrected chi connectivity index (χ0v) is 40.2. The summed E-state index contributed by atoms with van der Waals surface area (Å²) in [4.78, 5) is 104. The maximum Gasteiger partial charge on any atom is 0.305 e. The van der Waals surface area contributed by atoms with E-state index >= 15 is 0 Å². The van der Waals surface area contributed by atoms with Gasteiger partial charge in [0.25, 0.3) is 0 Å². The number of carboxylic acid groups (broad SMARTS) is 1. The fourth-order valence-electron chi connectivity index (χ4n) is 7.22. The van der Waals surface area contributed by atoms with Crippen molar-refractivity contribution in [2.24, 2.45) is 5.92 Å². The zero-order chi connectivity index (χ0) is 50.5. The molecule has 1 aromatic carbocycles. The second-order valence-corrected chi connectivity index (χ2v) is 17.6. The van der Waals surface area contributed by atoms with Crippen LogP contribution in [0.4, 0.5) is 0 Å². The molecule has 1 aromatic rings. The normalized spacial score (nSPS) is 14.8. The topological polar surface area (TPSA) is 322 Å². The minimum absolute atomic E-state index is 0.0528. The number of phenolic OH excluding ortho intramolecular Hbond substituents is 1. The van der Waals surface area contributed by atoms with Gasteiger partial charge in [-0.15, -0.1) is 0 Å². The molecule has 1 rings (SSSR count). The number of aliphatic hydroxyl groups excluding tert-OH is 3. The van der Waals surface area contributed by atoms with Crippen LogP contribution in [0.2, 0.25) is 0 Å². The number of likely N-dealkylation sites (N-methyl/N-ethyl adjacent to an activating group) is 1. The smallest absolute Gasteiger partial charge is 0.305 e. The number of hydrogen-bond donors (Lipinski definition) is 12. The second kappa shape index (κ2) is 33.2. The summed E-state index contributed by atoms with van der Waals surface area (Å²) in [5, 5.41) is 66.8. The third kappa shape index (κ3) is 24.8. The van der Waals surface area contributed by atoms with Crippen LogP contribution in [0.25, 0.3) is 0 Å². The largest absolute Gasteiger partial charge is 0.508 e. The van der Waals surface area contributed by atoms with Crippen molar-refractivity contribution in [1.29, 1.82) is 0 Å². The predicted molar refractivity (Wildman–Crippen MR) is 250 cm³/mol. The average Bonchev–Trinajstić information content (AvgIpc) is 3.26. The summed E-state index contributed by atoms with van der Waals surface area (Å²) in [6.07, 6.45) is 11.2. The number of unbranched alkanes of at least 4 members (excludes halogenated alkanes) is 12. The van der Waals surface area contributed by atoms with Gasteiger partial charge in [-0.1, -0.05) is 110 Å². The number of aliphatic carboxylic acids is 1. The first kappa shape index (κ1) is 59.7. The number of carboxylic acids is 1. The van der Waals surface area contributed by atoms with Crippen LogP contribution in [0.5, 0.6) is 5.75 Å². The SMILES string of the molecule is CCCCCCCCCCCCCCCC(=O)N[C@@H](CC(C)C)C(=O)N[C@H](C(=O)N[C@@H](Cc1ccc(O)cc1)C(=O)N[C@@H](CO)C(=O)N[C@H](C(=O)N[C@@H](CC(=O)O)C(=O)NC)[C@@H](C)O)[C@@H](C)O. The first-order valence-corrected chi connectivity index (χ1v) is 23.7. The maximum atomic E-state index is 13.8. The highest BCUT2D eigenvalue weighted by Crippen LogP contribution is 2.15. The third-order valence-electron chi connectivity index (χ3n) is 11.1. The molecule has 0 saturated heterocycles. The van der Waals surface area contributed by atoms with Crippen LogP contribution in [0.15, 0.2) is 24.3 Å². The summed E-state index contributed by atoms with van der Waals surface area (Å²) in [5.74, 6) is -7.95. The quantitative estimate of drug-likeness (QED) is 0.0428. The summed E-state index contributed by atoms with van der Waals surface area (Å²) >= 11 is 0. The molecule has 0 aliphatic rings. The first-order chi connectivity index (χ1) is 31.7. The molecule has 0 spiro atoms. The molecule has 20 nitrogen and oxygen atoms in total. The van der Waals surface area contributed by atoms with Crippen LogP contribution in [-0.4, -0.2) is 135 Å². The molecule has 0 aromatic heterocycles. The summed E-state index contributed by atoms with van der Waals surface area (Å²) < 4.78 is 0. The zero-order valence-electron chi connectivity index (χ0n) is 40.2. The van der Waals surface area contributed by atoms with Crippen molar-refractivity contribution in [3.05, 3.63) is 29.8 Å². The van der Waals surface area contributed by atoms with Crippen LogP contribution < -0.4 is 37.2 Å². The summed E-state index contributed by atoms with van der Waals surface area (Å²) in [5.41, 5.74) is 0.405. The number of aromatic hydroxyl groups is 1. The van der Waals surface area contributed by atoms with E-state index in [0.29, 0.717) is 12.0 Å². The van der Waals surface area contributed by atoms with E-state index in [-0.39, 0.29) is 36.8 Å². The Balaban J connectivity index is 3.08. The van der Waals surface area contributed by atoms with E-state index < -0.39 is 103 Å². The van der Waals surface area contributed by atoms with Gasteiger partial charge in [0.15, 0.2) is 0 Å². The Labute approximate surface area is 395 Å². The number of benzene rings is 1. The standard InChI is InChI=1S/C47H79N7O13/c1-7-8-9-10-11-12-13-14-15-16-17-18-19-20-38(59)49-34(25-29(2)3)44(64)53-40(30(4)56)46(66)50-35(26-32-21-23-33(58)24-22-32)43(63)52-37(28-55)45(65)54-41(31(5)57)47(67)51-36(27-39(60)61)42(62)48-6/h21-24,29-31,34-37,40-41,55-58H,7-20,25-28H2,1-6H3,(H,48,62)(H,49,59)(H,50,66)(H,51,67)(H,52,63)(H,53,64)(H,54,65)(H,60,61)/t30-,31-,34+,35+,36+,37+,40+,41+/m1/s1. The minimum Gasteiger partial charge on any atom is -0.508 e. The molecular weight excluding hydrogens is 871 g/mol. The number of phenols is 1. The molecule has 0 aliphatic carbocycles. The Kier molecular flexibility index (Phi) is 29.6. The number of carbonyl (C=O) groups excluding carboxylic acids is 7. The molecular formula is C47H79N7O13. The van der Waals surface area contributed by atoms with E-state index in [4.69, 9.17) is 0 Å². The highest BCUT2D eigenvalue weighted by molar-refractivity contribution is 5.98. The Morgan fingerprint density at radius 2 is 0.970 bits per heavy atom. The van der Waals surface area contributed by atoms with Crippen molar-refractivity contribution >= 4 is 47.3 Å². The fourth-order valence-corrected chi connectivity index (χ4v) is 7.22. The lowest BCUT2D eigenvalue weighted by atomic mass is 10.0. The van der Waals surface area contributed by atoms with Gasteiger partial charge in [-0.25, -0.2) is 0 Å². The summed E-state index contributed by atoms with van der Waals surface area (Å²) in [6, 6.07) is -3.89. The van der Waals surface area contributed by atoms with E-state index in [1.165, 1.54) is 89.6 Å². The lowest BCUT2D eigenvalue weighted by Gasteiger charge is -2.28. The Morgan fingerprint density at radius 1 is 0.537 bits per heavy atom. The number of hydrogen-bond acceptors (Lipinski definition) is 12. The third-order valence-corrected chi connectivity index (χ3v) is 11.1. The average molecular weight is 950 g/mol. The van der Waals surface area contributed by atoms with Gasteiger partial charge in [0, 0.05) is 19.9 Å². The number of rotatable bonds is 35. The summed E-state index contributed by atoms with van der Waals surface area (Å²) in [7, 11) is 1.20. The molecule has 0 bridgehead atoms. The van der Waals surface area contributed by atoms with Crippen molar-refractivity contribution < 1.29 is 63.9 Å². The molecule has 0 fully saturated rings. The molecule has 0 heterocycles. The van der Waals surface area contributed by atoms with Gasteiger partial charge in [0.05, 0.1) is 25.2 Å². The van der Waals surface area contributed by atoms with Crippen molar-refractivity contribution in [2.75, 3.05) is 13.7 Å². The highest BCUT2D eigenvalue weighted by Gasteiger charge is 2.36. The maximum absolute atomic E-state index is 13.8. The van der Waals surface area contributed by atoms with E-state index in [1.54, 1.807) is 0 Å². The molecule has 12 N–H and O–H groups in total.